The largest absolute Gasteiger partial charge is 0.471 e. The number of aromatic nitrogens is 4. The summed E-state index contributed by atoms with van der Waals surface area (Å²) in [5.74, 6) is -1.74. The number of fused-ring (bicyclic) bond motifs is 1. The summed E-state index contributed by atoms with van der Waals surface area (Å²) < 4.78 is 42.4. The van der Waals surface area contributed by atoms with Crippen LogP contribution in [-0.4, -0.2) is 20.1 Å². The number of hydrogen-bond donors (Lipinski definition) is 1. The molecule has 6 nitrogen and oxygen atoms in total. The smallest absolute Gasteiger partial charge is 0.329 e. The molecule has 4 rings (SSSR count). The molecule has 0 saturated heterocycles. The molecule has 27 heavy (non-hydrogen) atoms. The van der Waals surface area contributed by atoms with Crippen LogP contribution in [0.2, 0.25) is 0 Å². The first-order valence-corrected chi connectivity index (χ1v) is 7.87. The summed E-state index contributed by atoms with van der Waals surface area (Å²) >= 11 is 0. The summed E-state index contributed by atoms with van der Waals surface area (Å²) in [6.07, 6.45) is -1.56. The van der Waals surface area contributed by atoms with Crippen LogP contribution in [0.25, 0.3) is 22.3 Å². The highest BCUT2D eigenvalue weighted by Gasteiger charge is 2.38. The fourth-order valence-corrected chi connectivity index (χ4v) is 2.78. The highest BCUT2D eigenvalue weighted by Crippen LogP contribution is 2.30. The summed E-state index contributed by atoms with van der Waals surface area (Å²) in [4.78, 5) is 22.4. The topological polar surface area (TPSA) is 84.7 Å². The molecular formula is C18H11F3N4O2. The van der Waals surface area contributed by atoms with Crippen LogP contribution in [0.15, 0.2) is 58.1 Å². The third-order valence-electron chi connectivity index (χ3n) is 4.02. The van der Waals surface area contributed by atoms with Crippen LogP contribution in [0.1, 0.15) is 17.0 Å². The molecule has 9 heteroatoms. The molecule has 0 aliphatic rings. The number of hydrogen-bond acceptors (Lipinski definition) is 5. The number of alkyl halides is 3. The van der Waals surface area contributed by atoms with Gasteiger partial charge in [-0.25, -0.2) is 0 Å². The molecule has 0 amide bonds. The zero-order chi connectivity index (χ0) is 19.0. The van der Waals surface area contributed by atoms with Crippen LogP contribution in [0.5, 0.6) is 0 Å². The minimum absolute atomic E-state index is 0.185. The number of nitrogens with zero attached hydrogens (tertiary/aromatic N) is 3. The number of benzene rings is 1. The van der Waals surface area contributed by atoms with Crippen molar-refractivity contribution in [2.75, 3.05) is 0 Å². The first-order valence-electron chi connectivity index (χ1n) is 7.87. The molecule has 0 saturated carbocycles. The van der Waals surface area contributed by atoms with Crippen LogP contribution < -0.4 is 5.56 Å². The molecule has 0 bridgehead atoms. The molecule has 0 radical (unpaired) electrons. The van der Waals surface area contributed by atoms with Crippen molar-refractivity contribution in [2.24, 2.45) is 0 Å². The summed E-state index contributed by atoms with van der Waals surface area (Å²) in [6.45, 7) is 0. The van der Waals surface area contributed by atoms with Crippen LogP contribution in [0.4, 0.5) is 13.2 Å². The zero-order valence-corrected chi connectivity index (χ0v) is 13.6. The number of aromatic amines is 1. The monoisotopic (exact) mass is 372 g/mol. The number of rotatable bonds is 3. The van der Waals surface area contributed by atoms with E-state index >= 15 is 0 Å². The fraction of sp³-hybridized carbons (Fsp3) is 0.111. The maximum absolute atomic E-state index is 12.7. The van der Waals surface area contributed by atoms with Gasteiger partial charge in [-0.3, -0.25) is 9.78 Å². The average molecular weight is 372 g/mol. The van der Waals surface area contributed by atoms with E-state index in [0.717, 1.165) is 16.5 Å². The van der Waals surface area contributed by atoms with Crippen LogP contribution >= 0.6 is 0 Å². The first-order chi connectivity index (χ1) is 12.9. The highest BCUT2D eigenvalue weighted by molar-refractivity contribution is 5.79. The Hall–Kier alpha value is -3.49. The number of pyridine rings is 2. The van der Waals surface area contributed by atoms with E-state index in [0.29, 0.717) is 0 Å². The predicted molar refractivity (Wildman–Crippen MR) is 89.9 cm³/mol. The molecule has 0 aliphatic carbocycles. The summed E-state index contributed by atoms with van der Waals surface area (Å²) in [7, 11) is 0. The zero-order valence-electron chi connectivity index (χ0n) is 13.6. The Morgan fingerprint density at radius 1 is 1.15 bits per heavy atom. The van der Waals surface area contributed by atoms with E-state index in [-0.39, 0.29) is 23.4 Å². The van der Waals surface area contributed by atoms with Crippen molar-refractivity contribution in [3.63, 3.8) is 0 Å². The van der Waals surface area contributed by atoms with Crippen molar-refractivity contribution in [1.29, 1.82) is 0 Å². The van der Waals surface area contributed by atoms with E-state index in [1.165, 1.54) is 12.3 Å². The Morgan fingerprint density at radius 3 is 2.78 bits per heavy atom. The molecule has 0 atom stereocenters. The van der Waals surface area contributed by atoms with Gasteiger partial charge in [-0.05, 0) is 29.8 Å². The van der Waals surface area contributed by atoms with Gasteiger partial charge in [0.05, 0.1) is 5.52 Å². The summed E-state index contributed by atoms with van der Waals surface area (Å²) in [5.41, 5.74) is 1.60. The standard InChI is InChI=1S/C18H11F3N4O2/c19-18(20,21)17-24-15(25-27-17)12-5-7-23-16(26)13(12)9-10-3-4-14-11(8-10)2-1-6-22-14/h1-8H,9H2,(H,23,26). The molecule has 0 spiro atoms. The van der Waals surface area contributed by atoms with E-state index in [1.807, 2.05) is 24.3 Å². The average Bonchev–Trinajstić information content (AvgIpc) is 3.14. The second kappa shape index (κ2) is 6.35. The van der Waals surface area contributed by atoms with Gasteiger partial charge >= 0.3 is 12.1 Å². The lowest BCUT2D eigenvalue weighted by Crippen LogP contribution is -2.14. The van der Waals surface area contributed by atoms with Gasteiger partial charge in [0.15, 0.2) is 0 Å². The normalized spacial score (nSPS) is 11.8. The van der Waals surface area contributed by atoms with Gasteiger partial charge in [-0.2, -0.15) is 18.2 Å². The SMILES string of the molecule is O=c1[nH]ccc(-c2noc(C(F)(F)F)n2)c1Cc1ccc2ncccc2c1. The lowest BCUT2D eigenvalue weighted by atomic mass is 10.00. The molecule has 0 unspecified atom stereocenters. The van der Waals surface area contributed by atoms with Gasteiger partial charge < -0.3 is 9.51 Å². The molecule has 3 heterocycles. The Labute approximate surface area is 149 Å². The quantitative estimate of drug-likeness (QED) is 0.594. The maximum atomic E-state index is 12.7. The lowest BCUT2D eigenvalue weighted by Gasteiger charge is -2.07. The van der Waals surface area contributed by atoms with E-state index in [1.54, 1.807) is 12.3 Å². The molecule has 0 aliphatic heterocycles. The lowest BCUT2D eigenvalue weighted by molar-refractivity contribution is -0.159. The molecule has 3 aromatic heterocycles. The van der Waals surface area contributed by atoms with Gasteiger partial charge in [0.1, 0.15) is 0 Å². The Kier molecular flexibility index (Phi) is 3.98. The van der Waals surface area contributed by atoms with Crippen LogP contribution in [0, 0.1) is 0 Å². The van der Waals surface area contributed by atoms with Crippen molar-refractivity contribution >= 4 is 10.9 Å². The molecule has 136 valence electrons. The third-order valence-corrected chi connectivity index (χ3v) is 4.02. The molecule has 0 fully saturated rings. The maximum Gasteiger partial charge on any atom is 0.471 e. The second-order valence-electron chi connectivity index (χ2n) is 5.83. The van der Waals surface area contributed by atoms with Crippen molar-refractivity contribution in [3.05, 3.63) is 76.2 Å². The van der Waals surface area contributed by atoms with Crippen molar-refractivity contribution in [1.82, 2.24) is 20.1 Å². The van der Waals surface area contributed by atoms with E-state index in [2.05, 4.69) is 24.6 Å². The molecule has 1 aromatic carbocycles. The summed E-state index contributed by atoms with van der Waals surface area (Å²) in [5, 5.41) is 4.27. The fourth-order valence-electron chi connectivity index (χ4n) is 2.78. The number of halogens is 3. The summed E-state index contributed by atoms with van der Waals surface area (Å²) in [6, 6.07) is 10.6. The Balaban J connectivity index is 1.76. The first kappa shape index (κ1) is 17.0. The van der Waals surface area contributed by atoms with Gasteiger partial charge in [-0.1, -0.05) is 17.3 Å². The third kappa shape index (κ3) is 3.31. The van der Waals surface area contributed by atoms with Crippen LogP contribution in [0.3, 0.4) is 0 Å². The molecule has 4 aromatic rings. The van der Waals surface area contributed by atoms with E-state index in [4.69, 9.17) is 0 Å². The predicted octanol–water partition coefficient (Wildman–Crippen LogP) is 3.58. The number of nitrogens with one attached hydrogen (secondary N) is 1. The van der Waals surface area contributed by atoms with E-state index < -0.39 is 17.6 Å². The van der Waals surface area contributed by atoms with E-state index in [9.17, 15) is 18.0 Å². The van der Waals surface area contributed by atoms with Gasteiger partial charge in [0.2, 0.25) is 5.82 Å². The van der Waals surface area contributed by atoms with Crippen molar-refractivity contribution < 1.29 is 17.7 Å². The van der Waals surface area contributed by atoms with Crippen molar-refractivity contribution in [3.8, 4) is 11.4 Å². The van der Waals surface area contributed by atoms with Gasteiger partial charge in [0, 0.05) is 35.3 Å². The molecular weight excluding hydrogens is 361 g/mol. The minimum Gasteiger partial charge on any atom is -0.329 e. The van der Waals surface area contributed by atoms with Gasteiger partial charge in [-0.15, -0.1) is 0 Å². The van der Waals surface area contributed by atoms with Gasteiger partial charge in [0.25, 0.3) is 5.56 Å². The van der Waals surface area contributed by atoms with Crippen LogP contribution in [-0.2, 0) is 12.6 Å². The minimum atomic E-state index is -4.75. The Bertz CT molecular complexity index is 1180. The molecule has 1 N–H and O–H groups in total. The second-order valence-corrected chi connectivity index (χ2v) is 5.83. The number of H-pyrrole nitrogens is 1. The Morgan fingerprint density at radius 2 is 2.00 bits per heavy atom. The highest BCUT2D eigenvalue weighted by atomic mass is 19.4. The van der Waals surface area contributed by atoms with Crippen molar-refractivity contribution in [2.45, 2.75) is 12.6 Å².